The van der Waals surface area contributed by atoms with Crippen molar-refractivity contribution in [2.75, 3.05) is 18.4 Å². The van der Waals surface area contributed by atoms with Crippen LogP contribution in [0.15, 0.2) is 24.3 Å². The fraction of sp³-hybridized carbons (Fsp3) is 0.565. The van der Waals surface area contributed by atoms with Crippen molar-refractivity contribution in [3.8, 4) is 0 Å². The van der Waals surface area contributed by atoms with Gasteiger partial charge in [-0.15, -0.1) is 0 Å². The molecule has 1 aromatic rings. The third-order valence-corrected chi connectivity index (χ3v) is 6.34. The number of para-hydroxylation sites is 1. The van der Waals surface area contributed by atoms with Crippen LogP contribution in [0.1, 0.15) is 57.9 Å². The molecule has 2 fully saturated rings. The summed E-state index contributed by atoms with van der Waals surface area (Å²) in [4.78, 5) is 38.9. The number of amides is 3. The van der Waals surface area contributed by atoms with E-state index in [9.17, 15) is 14.4 Å². The first-order chi connectivity index (χ1) is 14.7. The van der Waals surface area contributed by atoms with E-state index in [0.717, 1.165) is 25.7 Å². The number of carbonyl (C=O) groups excluding carboxylic acids is 3. The summed E-state index contributed by atoms with van der Waals surface area (Å²) < 4.78 is 0. The minimum atomic E-state index is -0.720. The number of rotatable bonds is 7. The average molecular weight is 429 g/mol. The van der Waals surface area contributed by atoms with Gasteiger partial charge in [0.05, 0.1) is 12.1 Å². The Labute approximate surface area is 183 Å². The Balaban J connectivity index is 1.60. The zero-order valence-corrected chi connectivity index (χ0v) is 18.4. The summed E-state index contributed by atoms with van der Waals surface area (Å²) in [5.74, 6) is -0.933. The number of likely N-dealkylation sites (tertiary alicyclic amines) is 1. The van der Waals surface area contributed by atoms with E-state index in [1.165, 1.54) is 6.42 Å². The van der Waals surface area contributed by atoms with Crippen molar-refractivity contribution in [3.05, 3.63) is 29.8 Å². The number of benzene rings is 1. The van der Waals surface area contributed by atoms with Crippen LogP contribution in [0.3, 0.4) is 0 Å². The maximum atomic E-state index is 12.9. The number of primary amides is 1. The molecule has 6 N–H and O–H groups in total. The van der Waals surface area contributed by atoms with Gasteiger partial charge in [0.15, 0.2) is 0 Å². The van der Waals surface area contributed by atoms with E-state index in [1.54, 1.807) is 29.2 Å². The van der Waals surface area contributed by atoms with Crippen LogP contribution in [0.4, 0.5) is 5.69 Å². The Bertz CT molecular complexity index is 867. The minimum Gasteiger partial charge on any atom is -0.375 e. The lowest BCUT2D eigenvalue weighted by molar-refractivity contribution is -0.137. The number of nitrogens with zero attached hydrogens (tertiary/aromatic N) is 1. The molecule has 2 aliphatic rings. The van der Waals surface area contributed by atoms with E-state index in [0.29, 0.717) is 24.2 Å². The summed E-state index contributed by atoms with van der Waals surface area (Å²) in [6.45, 7) is 5.04. The summed E-state index contributed by atoms with van der Waals surface area (Å²) in [6.07, 6.45) is 5.73. The molecule has 31 heavy (non-hydrogen) atoms. The van der Waals surface area contributed by atoms with Crippen LogP contribution >= 0.6 is 0 Å². The van der Waals surface area contributed by atoms with Gasteiger partial charge in [-0.2, -0.15) is 0 Å². The molecule has 0 aromatic heterocycles. The van der Waals surface area contributed by atoms with E-state index in [2.05, 4.69) is 24.5 Å². The maximum Gasteiger partial charge on any atom is 0.313 e. The van der Waals surface area contributed by atoms with Crippen molar-refractivity contribution in [1.82, 2.24) is 10.2 Å². The lowest BCUT2D eigenvalue weighted by Gasteiger charge is -2.36. The topological polar surface area (TPSA) is 130 Å². The Morgan fingerprint density at radius 2 is 1.94 bits per heavy atom. The van der Waals surface area contributed by atoms with E-state index < -0.39 is 11.9 Å². The highest BCUT2D eigenvalue weighted by atomic mass is 16.2. The second-order valence-electron chi connectivity index (χ2n) is 9.39. The van der Waals surface area contributed by atoms with Gasteiger partial charge in [0.25, 0.3) is 5.71 Å². The Morgan fingerprint density at radius 3 is 2.65 bits per heavy atom. The molecule has 1 aromatic carbocycles. The van der Waals surface area contributed by atoms with Crippen molar-refractivity contribution in [2.45, 2.75) is 64.5 Å². The van der Waals surface area contributed by atoms with Gasteiger partial charge < -0.3 is 21.3 Å². The molecule has 1 aliphatic heterocycles. The highest BCUT2D eigenvalue weighted by molar-refractivity contribution is 6.43. The molecule has 1 saturated carbocycles. The predicted octanol–water partition coefficient (Wildman–Crippen LogP) is 0.208. The standard InChI is InChI=1S/C23H33N5O3/c1-23(2)11-5-7-15(13-23)27-22(31)18-10-6-12-28(18)19(29)14-26-17-9-4-3-8-16(17)20(24)21(25)30/h3-4,8-9,15,18,24,26H,5-7,10-14H2,1-2H3,(H2,25,30)(H,27,31)/p+1/t15?,18-/m0/s1. The summed E-state index contributed by atoms with van der Waals surface area (Å²) in [7, 11) is 0. The second kappa shape index (κ2) is 9.49. The van der Waals surface area contributed by atoms with Gasteiger partial charge in [-0.3, -0.25) is 14.4 Å². The van der Waals surface area contributed by atoms with Crippen molar-refractivity contribution in [1.29, 1.82) is 0 Å². The van der Waals surface area contributed by atoms with Gasteiger partial charge in [-0.05, 0) is 49.7 Å². The first-order valence-corrected chi connectivity index (χ1v) is 11.0. The first-order valence-electron chi connectivity index (χ1n) is 11.0. The monoisotopic (exact) mass is 428 g/mol. The quantitative estimate of drug-likeness (QED) is 0.463. The third-order valence-electron chi connectivity index (χ3n) is 6.34. The predicted molar refractivity (Wildman–Crippen MR) is 119 cm³/mol. The molecule has 1 unspecified atom stereocenters. The Morgan fingerprint density at radius 1 is 1.19 bits per heavy atom. The molecule has 8 nitrogen and oxygen atoms in total. The van der Waals surface area contributed by atoms with Crippen LogP contribution in [0.5, 0.6) is 0 Å². The molecule has 1 aliphatic carbocycles. The van der Waals surface area contributed by atoms with Gasteiger partial charge in [-0.1, -0.05) is 32.4 Å². The van der Waals surface area contributed by atoms with Crippen LogP contribution < -0.4 is 21.8 Å². The molecule has 1 saturated heterocycles. The van der Waals surface area contributed by atoms with E-state index >= 15 is 0 Å². The van der Waals surface area contributed by atoms with Crippen LogP contribution in [-0.4, -0.2) is 53.5 Å². The normalized spacial score (nSPS) is 22.6. The van der Waals surface area contributed by atoms with Gasteiger partial charge in [0, 0.05) is 18.3 Å². The van der Waals surface area contributed by atoms with E-state index in [-0.39, 0.29) is 35.5 Å². The molecule has 3 amide bonds. The number of hydrogen-bond acceptors (Lipinski definition) is 4. The third kappa shape index (κ3) is 5.62. The van der Waals surface area contributed by atoms with Crippen molar-refractivity contribution in [3.63, 3.8) is 0 Å². The number of anilines is 1. The number of nitrogens with two attached hydrogens (primary N) is 2. The van der Waals surface area contributed by atoms with Gasteiger partial charge in [0.1, 0.15) is 6.04 Å². The fourth-order valence-corrected chi connectivity index (χ4v) is 4.73. The molecule has 8 heteroatoms. The molecule has 0 spiro atoms. The lowest BCUT2D eigenvalue weighted by atomic mass is 9.75. The molecular weight excluding hydrogens is 394 g/mol. The zero-order chi connectivity index (χ0) is 22.6. The molecule has 168 valence electrons. The SMILES string of the molecule is CC1(C)CCCC(NC(=O)[C@@H]2CCCN2C(=O)CNc2ccccc2C(=[NH2+])C(N)=O)C1. The molecule has 0 bridgehead atoms. The number of carbonyl (C=O) groups is 3. The van der Waals surface area contributed by atoms with E-state index in [4.69, 9.17) is 11.1 Å². The fourth-order valence-electron chi connectivity index (χ4n) is 4.73. The highest BCUT2D eigenvalue weighted by Crippen LogP contribution is 2.35. The second-order valence-corrected chi connectivity index (χ2v) is 9.39. The van der Waals surface area contributed by atoms with Crippen LogP contribution in [0.2, 0.25) is 0 Å². The zero-order valence-electron chi connectivity index (χ0n) is 18.4. The molecule has 2 atom stereocenters. The van der Waals surface area contributed by atoms with Crippen LogP contribution in [0, 0.1) is 5.41 Å². The van der Waals surface area contributed by atoms with Gasteiger partial charge >= 0.3 is 5.91 Å². The molecule has 0 radical (unpaired) electrons. The highest BCUT2D eigenvalue weighted by Gasteiger charge is 2.36. The van der Waals surface area contributed by atoms with E-state index in [1.807, 2.05) is 0 Å². The van der Waals surface area contributed by atoms with Crippen LogP contribution in [-0.2, 0) is 14.4 Å². The summed E-state index contributed by atoms with van der Waals surface area (Å²) in [6, 6.07) is 6.67. The number of hydrogen-bond donors (Lipinski definition) is 4. The Kier molecular flexibility index (Phi) is 6.97. The summed E-state index contributed by atoms with van der Waals surface area (Å²) >= 11 is 0. The van der Waals surface area contributed by atoms with Crippen molar-refractivity contribution in [2.24, 2.45) is 11.1 Å². The maximum absolute atomic E-state index is 12.9. The van der Waals surface area contributed by atoms with Crippen LogP contribution in [0.25, 0.3) is 0 Å². The summed E-state index contributed by atoms with van der Waals surface area (Å²) in [5, 5.41) is 12.0. The Hall–Kier alpha value is -2.90. The van der Waals surface area contributed by atoms with Gasteiger partial charge in [-0.25, -0.2) is 5.41 Å². The minimum absolute atomic E-state index is 0.00327. The molecule has 1 heterocycles. The average Bonchev–Trinajstić information content (AvgIpc) is 3.21. The first kappa shape index (κ1) is 22.8. The van der Waals surface area contributed by atoms with Crippen molar-refractivity contribution < 1.29 is 19.8 Å². The van der Waals surface area contributed by atoms with Crippen molar-refractivity contribution >= 4 is 29.1 Å². The largest absolute Gasteiger partial charge is 0.375 e. The summed E-state index contributed by atoms with van der Waals surface area (Å²) in [5.41, 5.74) is 6.47. The lowest BCUT2D eigenvalue weighted by Crippen LogP contribution is -2.51. The molecular formula is C23H34N5O3+. The van der Waals surface area contributed by atoms with Gasteiger partial charge in [0.2, 0.25) is 11.8 Å². The molecule has 3 rings (SSSR count). The smallest absolute Gasteiger partial charge is 0.313 e. The number of nitrogens with one attached hydrogen (secondary N) is 2.